The summed E-state index contributed by atoms with van der Waals surface area (Å²) in [5.41, 5.74) is -0.649. The highest BCUT2D eigenvalue weighted by Gasteiger charge is 2.21. The van der Waals surface area contributed by atoms with Crippen LogP contribution in [-0.2, 0) is 14.3 Å². The Kier molecular flexibility index (Phi) is 9.99. The van der Waals surface area contributed by atoms with E-state index in [4.69, 9.17) is 14.9 Å². The minimum absolute atomic E-state index is 0.188. The molecule has 0 aliphatic rings. The molecule has 0 saturated heterocycles. The van der Waals surface area contributed by atoms with Gasteiger partial charge in [-0.25, -0.2) is 14.4 Å². The number of hydrogen-bond acceptors (Lipinski definition) is 5. The zero-order chi connectivity index (χ0) is 19.5. The third-order valence-electron chi connectivity index (χ3n) is 2.87. The van der Waals surface area contributed by atoms with Gasteiger partial charge in [0.1, 0.15) is 5.60 Å². The van der Waals surface area contributed by atoms with Gasteiger partial charge in [0, 0.05) is 26.2 Å². The van der Waals surface area contributed by atoms with Crippen molar-refractivity contribution in [2.24, 2.45) is 0 Å². The average Bonchev–Trinajstić information content (AvgIpc) is 2.46. The number of nitrogens with zero attached hydrogens (tertiary/aromatic N) is 1. The highest BCUT2D eigenvalue weighted by Crippen LogP contribution is 2.11. The van der Waals surface area contributed by atoms with Crippen molar-refractivity contribution in [3.8, 4) is 0 Å². The summed E-state index contributed by atoms with van der Waals surface area (Å²) in [6.45, 7) is 6.31. The first-order chi connectivity index (χ1) is 11.5. The summed E-state index contributed by atoms with van der Waals surface area (Å²) in [5.74, 6) is -2.61. The number of rotatable bonds is 9. The topological polar surface area (TPSA) is 145 Å². The molecule has 4 N–H and O–H groups in total. The Morgan fingerprint density at radius 3 is 2.00 bits per heavy atom. The Labute approximate surface area is 146 Å². The van der Waals surface area contributed by atoms with Gasteiger partial charge in [0.2, 0.25) is 0 Å². The molecule has 0 aromatic rings. The van der Waals surface area contributed by atoms with Crippen LogP contribution in [0.15, 0.2) is 0 Å². The lowest BCUT2D eigenvalue weighted by atomic mass is 10.2. The minimum Gasteiger partial charge on any atom is -0.474 e. The van der Waals surface area contributed by atoms with Gasteiger partial charge in [0.25, 0.3) is 0 Å². The summed E-state index contributed by atoms with van der Waals surface area (Å²) >= 11 is 0. The van der Waals surface area contributed by atoms with Gasteiger partial charge in [-0.05, 0) is 40.0 Å². The van der Waals surface area contributed by atoms with Crippen molar-refractivity contribution < 1.29 is 34.1 Å². The van der Waals surface area contributed by atoms with Gasteiger partial charge < -0.3 is 30.5 Å². The summed E-state index contributed by atoms with van der Waals surface area (Å²) in [4.78, 5) is 45.3. The Balaban J connectivity index is 4.32. The second-order valence-electron chi connectivity index (χ2n) is 6.32. The molecule has 10 nitrogen and oxygen atoms in total. The lowest BCUT2D eigenvalue weighted by Crippen LogP contribution is -2.39. The molecule has 3 amide bonds. The Morgan fingerprint density at radius 2 is 1.48 bits per heavy atom. The first-order valence-electron chi connectivity index (χ1n) is 7.99. The normalized spacial score (nSPS) is 10.7. The molecule has 144 valence electrons. The molecule has 0 atom stereocenters. The summed E-state index contributed by atoms with van der Waals surface area (Å²) in [6.07, 6.45) is -0.172. The van der Waals surface area contributed by atoms with E-state index < -0.39 is 29.7 Å². The third kappa shape index (κ3) is 12.6. The molecule has 0 aromatic heterocycles. The molecule has 0 aliphatic heterocycles. The molecule has 0 saturated carbocycles. The molecule has 0 aliphatic carbocycles. The lowest BCUT2D eigenvalue weighted by Gasteiger charge is -2.27. The van der Waals surface area contributed by atoms with Crippen molar-refractivity contribution in [2.75, 3.05) is 26.2 Å². The van der Waals surface area contributed by atoms with Gasteiger partial charge in [-0.3, -0.25) is 4.79 Å². The maximum atomic E-state index is 12.2. The minimum atomic E-state index is -1.54. The van der Waals surface area contributed by atoms with Gasteiger partial charge in [0.05, 0.1) is 0 Å². The molecule has 10 heteroatoms. The van der Waals surface area contributed by atoms with Crippen molar-refractivity contribution in [3.05, 3.63) is 0 Å². The molecule has 0 rings (SSSR count). The van der Waals surface area contributed by atoms with Crippen molar-refractivity contribution >= 4 is 24.1 Å². The van der Waals surface area contributed by atoms with Crippen LogP contribution in [0.2, 0.25) is 0 Å². The van der Waals surface area contributed by atoms with Crippen LogP contribution in [0, 0.1) is 0 Å². The zero-order valence-electron chi connectivity index (χ0n) is 14.8. The van der Waals surface area contributed by atoms with E-state index in [0.29, 0.717) is 32.4 Å². The number of ether oxygens (including phenoxy) is 1. The quantitative estimate of drug-likeness (QED) is 0.352. The lowest BCUT2D eigenvalue weighted by molar-refractivity contribution is -0.150. The number of carbonyl (C=O) groups excluding carboxylic acids is 2. The van der Waals surface area contributed by atoms with Crippen LogP contribution in [0.4, 0.5) is 9.59 Å². The number of carbonyl (C=O) groups is 4. The fourth-order valence-electron chi connectivity index (χ4n) is 1.79. The van der Waals surface area contributed by atoms with Crippen molar-refractivity contribution in [1.29, 1.82) is 0 Å². The summed E-state index contributed by atoms with van der Waals surface area (Å²) in [5, 5.41) is 21.4. The second kappa shape index (κ2) is 11.1. The van der Waals surface area contributed by atoms with Gasteiger partial charge in [-0.2, -0.15) is 0 Å². The van der Waals surface area contributed by atoms with E-state index >= 15 is 0 Å². The smallest absolute Gasteiger partial charge is 0.410 e. The fraction of sp³-hybridized carbons (Fsp3) is 0.733. The van der Waals surface area contributed by atoms with Crippen LogP contribution in [0.25, 0.3) is 0 Å². The maximum Gasteiger partial charge on any atom is 0.410 e. The summed E-state index contributed by atoms with van der Waals surface area (Å²) in [7, 11) is 0. The number of carboxylic acids is 1. The summed E-state index contributed by atoms with van der Waals surface area (Å²) < 4.78 is 5.31. The average molecular weight is 361 g/mol. The zero-order valence-corrected chi connectivity index (χ0v) is 14.8. The highest BCUT2D eigenvalue weighted by molar-refractivity contribution is 6.31. The van der Waals surface area contributed by atoms with Crippen LogP contribution in [0.3, 0.4) is 0 Å². The monoisotopic (exact) mass is 361 g/mol. The van der Waals surface area contributed by atoms with Crippen molar-refractivity contribution in [3.63, 3.8) is 0 Å². The largest absolute Gasteiger partial charge is 0.474 e. The van der Waals surface area contributed by atoms with E-state index in [-0.39, 0.29) is 13.1 Å². The van der Waals surface area contributed by atoms with E-state index in [0.717, 1.165) is 0 Å². The number of aliphatic carboxylic acids is 1. The standard InChI is InChI=1S/C15H27N3O7/c1-15(2,3)25-14(24)18(10-6-8-17-13(22)23)9-5-4-7-16-11(19)12(20)21/h17H,4-10H2,1-3H3,(H,16,19)(H,20,21)(H,22,23). The number of carboxylic acid groups (broad SMARTS) is 2. The molecular formula is C15H27N3O7. The van der Waals surface area contributed by atoms with E-state index in [1.54, 1.807) is 20.8 Å². The van der Waals surface area contributed by atoms with Crippen LogP contribution >= 0.6 is 0 Å². The van der Waals surface area contributed by atoms with Gasteiger partial charge in [-0.15, -0.1) is 0 Å². The first-order valence-corrected chi connectivity index (χ1v) is 7.99. The van der Waals surface area contributed by atoms with Crippen LogP contribution in [0.5, 0.6) is 0 Å². The molecule has 0 spiro atoms. The van der Waals surface area contributed by atoms with E-state index in [1.807, 2.05) is 0 Å². The SMILES string of the molecule is CC(C)(C)OC(=O)N(CCCCNC(=O)C(=O)O)CCCNC(=O)O. The van der Waals surface area contributed by atoms with Crippen molar-refractivity contribution in [2.45, 2.75) is 45.6 Å². The predicted molar refractivity (Wildman–Crippen MR) is 88.3 cm³/mol. The molecule has 0 aromatic carbocycles. The van der Waals surface area contributed by atoms with Crippen LogP contribution < -0.4 is 10.6 Å². The van der Waals surface area contributed by atoms with E-state index in [2.05, 4.69) is 10.6 Å². The summed E-state index contributed by atoms with van der Waals surface area (Å²) in [6, 6.07) is 0. The Hall–Kier alpha value is -2.52. The Morgan fingerprint density at radius 1 is 0.920 bits per heavy atom. The van der Waals surface area contributed by atoms with E-state index in [9.17, 15) is 19.2 Å². The second-order valence-corrected chi connectivity index (χ2v) is 6.32. The predicted octanol–water partition coefficient (Wildman–Crippen LogP) is 0.862. The molecule has 0 fully saturated rings. The number of hydrogen-bond donors (Lipinski definition) is 4. The fourth-order valence-corrected chi connectivity index (χ4v) is 1.79. The molecule has 0 heterocycles. The maximum absolute atomic E-state index is 12.2. The van der Waals surface area contributed by atoms with Gasteiger partial charge >= 0.3 is 24.1 Å². The van der Waals surface area contributed by atoms with Crippen LogP contribution in [-0.4, -0.2) is 71.0 Å². The van der Waals surface area contributed by atoms with Crippen molar-refractivity contribution in [1.82, 2.24) is 15.5 Å². The number of nitrogens with one attached hydrogen (secondary N) is 2. The molecule has 0 radical (unpaired) electrons. The number of unbranched alkanes of at least 4 members (excludes halogenated alkanes) is 1. The molecule has 25 heavy (non-hydrogen) atoms. The molecular weight excluding hydrogens is 334 g/mol. The number of amides is 3. The Bertz CT molecular complexity index is 474. The van der Waals surface area contributed by atoms with Crippen LogP contribution in [0.1, 0.15) is 40.0 Å². The molecule has 0 unspecified atom stereocenters. The van der Waals surface area contributed by atoms with Gasteiger partial charge in [-0.1, -0.05) is 0 Å². The highest BCUT2D eigenvalue weighted by atomic mass is 16.6. The van der Waals surface area contributed by atoms with Gasteiger partial charge in [0.15, 0.2) is 0 Å². The third-order valence-corrected chi connectivity index (χ3v) is 2.87. The molecule has 0 bridgehead atoms. The first kappa shape index (κ1) is 22.5. The van der Waals surface area contributed by atoms with E-state index in [1.165, 1.54) is 4.90 Å².